The van der Waals surface area contributed by atoms with Gasteiger partial charge in [0.05, 0.1) is 5.69 Å². The number of hydrogen-bond acceptors (Lipinski definition) is 5. The highest BCUT2D eigenvalue weighted by molar-refractivity contribution is 5.75. The van der Waals surface area contributed by atoms with Gasteiger partial charge >= 0.3 is 5.97 Å². The third kappa shape index (κ3) is 6.91. The minimum atomic E-state index is -1.11. The van der Waals surface area contributed by atoms with Crippen LogP contribution in [-0.4, -0.2) is 25.6 Å². The molecule has 0 saturated carbocycles. The first-order chi connectivity index (χ1) is 19.9. The van der Waals surface area contributed by atoms with Gasteiger partial charge in [-0.2, -0.15) is 0 Å². The Kier molecular flexibility index (Phi) is 10.1. The summed E-state index contributed by atoms with van der Waals surface area (Å²) in [6.07, 6.45) is 5.75. The molecule has 0 fully saturated rings. The van der Waals surface area contributed by atoms with E-state index in [2.05, 4.69) is 37.9 Å². The summed E-state index contributed by atoms with van der Waals surface area (Å²) in [6.45, 7) is 8.12. The number of aliphatic carboxylic acids is 1. The van der Waals surface area contributed by atoms with E-state index in [1.165, 1.54) is 0 Å². The molecule has 1 N–H and O–H groups in total. The predicted molar refractivity (Wildman–Crippen MR) is 161 cm³/mol. The van der Waals surface area contributed by atoms with Crippen molar-refractivity contribution in [1.29, 1.82) is 0 Å². The normalized spacial score (nSPS) is 11.8. The number of carboxylic acid groups (broad SMARTS) is 1. The highest BCUT2D eigenvalue weighted by Crippen LogP contribution is 2.34. The molecule has 0 amide bonds. The van der Waals surface area contributed by atoms with E-state index in [0.29, 0.717) is 41.4 Å². The Morgan fingerprint density at radius 1 is 0.927 bits per heavy atom. The molecule has 0 aliphatic heterocycles. The molecule has 0 aliphatic carbocycles. The number of aromatic nitrogens is 3. The Bertz CT molecular complexity index is 1500. The second-order valence-corrected chi connectivity index (χ2v) is 10.3. The summed E-state index contributed by atoms with van der Waals surface area (Å²) in [5.74, 6) is 0.767. The predicted octanol–water partition coefficient (Wildman–Crippen LogP) is 6.59. The maximum absolute atomic E-state index is 13.9. The molecular weight excluding hydrogens is 514 g/mol. The van der Waals surface area contributed by atoms with Crippen molar-refractivity contribution in [2.75, 3.05) is 0 Å². The van der Waals surface area contributed by atoms with E-state index in [1.54, 1.807) is 22.9 Å². The molecule has 2 aromatic carbocycles. The fraction of sp³-hybridized carbons (Fsp3) is 0.353. The number of carboxylic acids is 1. The van der Waals surface area contributed by atoms with Crippen molar-refractivity contribution >= 4 is 5.97 Å². The molecular formula is C34H39N3O4. The van der Waals surface area contributed by atoms with Gasteiger partial charge in [0.15, 0.2) is 0 Å². The molecule has 4 aromatic rings. The molecule has 0 radical (unpaired) electrons. The third-order valence-electron chi connectivity index (χ3n) is 7.08. The number of hydrogen-bond donors (Lipinski definition) is 1. The first-order valence-electron chi connectivity index (χ1n) is 14.5. The molecule has 0 bridgehead atoms. The van der Waals surface area contributed by atoms with E-state index >= 15 is 0 Å². The van der Waals surface area contributed by atoms with Crippen molar-refractivity contribution in [2.45, 2.75) is 78.7 Å². The van der Waals surface area contributed by atoms with Gasteiger partial charge in [0.2, 0.25) is 6.10 Å². The van der Waals surface area contributed by atoms with Crippen LogP contribution >= 0.6 is 0 Å². The number of pyridine rings is 1. The molecule has 0 aliphatic rings. The van der Waals surface area contributed by atoms with Crippen LogP contribution in [0.1, 0.15) is 85.5 Å². The second-order valence-electron chi connectivity index (χ2n) is 10.3. The number of rotatable bonds is 13. The summed E-state index contributed by atoms with van der Waals surface area (Å²) in [4.78, 5) is 35.5. The van der Waals surface area contributed by atoms with Crippen LogP contribution in [0.3, 0.4) is 0 Å². The average molecular weight is 554 g/mol. The highest BCUT2D eigenvalue weighted by atomic mass is 16.5. The summed E-state index contributed by atoms with van der Waals surface area (Å²) in [5, 5.41) is 10.1. The van der Waals surface area contributed by atoms with Crippen LogP contribution in [0.15, 0.2) is 71.7 Å². The average Bonchev–Trinajstić information content (AvgIpc) is 2.96. The molecule has 2 aromatic heterocycles. The lowest BCUT2D eigenvalue weighted by molar-refractivity contribution is -0.145. The lowest BCUT2D eigenvalue weighted by Crippen LogP contribution is -2.29. The number of benzene rings is 2. The van der Waals surface area contributed by atoms with Crippen LogP contribution in [0, 0.1) is 6.92 Å². The summed E-state index contributed by atoms with van der Waals surface area (Å²) in [7, 11) is 0. The van der Waals surface area contributed by atoms with Gasteiger partial charge in [0, 0.05) is 23.7 Å². The Balaban J connectivity index is 1.83. The largest absolute Gasteiger partial charge is 0.478 e. The van der Waals surface area contributed by atoms with Crippen molar-refractivity contribution in [3.63, 3.8) is 0 Å². The van der Waals surface area contributed by atoms with Crippen LogP contribution in [0.5, 0.6) is 5.75 Å². The van der Waals surface area contributed by atoms with Crippen LogP contribution in [0.25, 0.3) is 5.82 Å². The zero-order chi connectivity index (χ0) is 29.4. The summed E-state index contributed by atoms with van der Waals surface area (Å²) >= 11 is 0. The Labute approximate surface area is 241 Å². The van der Waals surface area contributed by atoms with E-state index in [9.17, 15) is 14.7 Å². The Morgan fingerprint density at radius 3 is 2.12 bits per heavy atom. The molecule has 1 atom stereocenters. The van der Waals surface area contributed by atoms with Crippen LogP contribution < -0.4 is 10.3 Å². The molecule has 0 spiro atoms. The second kappa shape index (κ2) is 13.9. The third-order valence-corrected chi connectivity index (χ3v) is 7.08. The van der Waals surface area contributed by atoms with Crippen LogP contribution in [-0.2, 0) is 30.5 Å². The zero-order valence-corrected chi connectivity index (χ0v) is 24.4. The lowest BCUT2D eigenvalue weighted by atomic mass is 9.94. The van der Waals surface area contributed by atoms with Gasteiger partial charge in [0.25, 0.3) is 5.56 Å². The van der Waals surface area contributed by atoms with Crippen molar-refractivity contribution in [3.8, 4) is 11.6 Å². The molecule has 214 valence electrons. The van der Waals surface area contributed by atoms with E-state index in [1.807, 2.05) is 43.3 Å². The molecule has 2 heterocycles. The monoisotopic (exact) mass is 553 g/mol. The SMILES string of the molecule is CCCc1cc(Cc2c(CCC)nc(C)n(-c3ccccn3)c2=O)cc(CCC)c1OC(C(=O)O)c1ccccc1. The Hall–Kier alpha value is -4.26. The van der Waals surface area contributed by atoms with Crippen molar-refractivity contribution < 1.29 is 14.6 Å². The molecule has 4 rings (SSSR count). The number of aryl methyl sites for hydroxylation is 4. The van der Waals surface area contributed by atoms with E-state index < -0.39 is 12.1 Å². The fourth-order valence-corrected chi connectivity index (χ4v) is 5.30. The van der Waals surface area contributed by atoms with E-state index in [4.69, 9.17) is 9.72 Å². The molecule has 7 nitrogen and oxygen atoms in total. The number of carbonyl (C=O) groups is 1. The van der Waals surface area contributed by atoms with Crippen molar-refractivity contribution in [2.24, 2.45) is 0 Å². The van der Waals surface area contributed by atoms with E-state index in [-0.39, 0.29) is 5.56 Å². The van der Waals surface area contributed by atoms with Crippen LogP contribution in [0.4, 0.5) is 0 Å². The summed E-state index contributed by atoms with van der Waals surface area (Å²) < 4.78 is 7.91. The molecule has 0 saturated heterocycles. The zero-order valence-electron chi connectivity index (χ0n) is 24.4. The van der Waals surface area contributed by atoms with Crippen molar-refractivity contribution in [1.82, 2.24) is 14.5 Å². The minimum absolute atomic E-state index is 0.107. The topological polar surface area (TPSA) is 94.3 Å². The first-order valence-corrected chi connectivity index (χ1v) is 14.5. The van der Waals surface area contributed by atoms with Gasteiger partial charge in [-0.05, 0) is 55.0 Å². The summed E-state index contributed by atoms with van der Waals surface area (Å²) in [6, 6.07) is 18.7. The molecule has 7 heteroatoms. The molecule has 41 heavy (non-hydrogen) atoms. The van der Waals surface area contributed by atoms with Gasteiger partial charge in [-0.25, -0.2) is 19.3 Å². The smallest absolute Gasteiger partial charge is 0.349 e. The fourth-order valence-electron chi connectivity index (χ4n) is 5.30. The Morgan fingerprint density at radius 2 is 1.56 bits per heavy atom. The first kappa shape index (κ1) is 29.7. The number of ether oxygens (including phenoxy) is 1. The van der Waals surface area contributed by atoms with Crippen molar-refractivity contribution in [3.05, 3.63) is 117 Å². The standard InChI is InChI=1S/C34H39N3O4/c1-5-13-26-20-24(21-27(14-6-2)31(26)41-32(34(39)40)25-16-9-8-10-17-25)22-28-29(15-7-3)36-23(4)37(33(28)38)30-18-11-12-19-35-30/h8-12,16-21,32H,5-7,13-15,22H2,1-4H3,(H,39,40). The van der Waals surface area contributed by atoms with Gasteiger partial charge in [-0.1, -0.05) is 88.6 Å². The van der Waals surface area contributed by atoms with Gasteiger partial charge in [0.1, 0.15) is 17.4 Å². The molecule has 1 unspecified atom stereocenters. The van der Waals surface area contributed by atoms with Crippen LogP contribution in [0.2, 0.25) is 0 Å². The lowest BCUT2D eigenvalue weighted by Gasteiger charge is -2.22. The van der Waals surface area contributed by atoms with Gasteiger partial charge in [-0.3, -0.25) is 4.79 Å². The highest BCUT2D eigenvalue weighted by Gasteiger charge is 2.25. The summed E-state index contributed by atoms with van der Waals surface area (Å²) in [5.41, 5.74) is 4.86. The van der Waals surface area contributed by atoms with E-state index in [0.717, 1.165) is 54.5 Å². The van der Waals surface area contributed by atoms with Gasteiger partial charge in [-0.15, -0.1) is 0 Å². The van der Waals surface area contributed by atoms with Gasteiger partial charge < -0.3 is 9.84 Å². The number of nitrogens with zero attached hydrogens (tertiary/aromatic N) is 3. The minimum Gasteiger partial charge on any atom is -0.478 e. The quantitative estimate of drug-likeness (QED) is 0.201. The maximum atomic E-state index is 13.9. The maximum Gasteiger partial charge on any atom is 0.349 e.